The van der Waals surface area contributed by atoms with Crippen LogP contribution in [0.5, 0.6) is 0 Å². The van der Waals surface area contributed by atoms with Crippen LogP contribution in [0.4, 0.5) is 0 Å². The number of rotatable bonds is 2. The number of hydrogen-bond acceptors (Lipinski definition) is 2. The van der Waals surface area contributed by atoms with Crippen LogP contribution in [0.1, 0.15) is 34.8 Å². The molecule has 3 rings (SSSR count). The molecule has 1 aromatic carbocycles. The molecule has 0 unspecified atom stereocenters. The van der Waals surface area contributed by atoms with Gasteiger partial charge in [0, 0.05) is 5.69 Å². The van der Waals surface area contributed by atoms with Crippen molar-refractivity contribution >= 4 is 18.1 Å². The van der Waals surface area contributed by atoms with E-state index >= 15 is 0 Å². The first-order valence-corrected chi connectivity index (χ1v) is 7.62. The lowest BCUT2D eigenvalue weighted by Gasteiger charge is -2.26. The number of nitrogens with one attached hydrogen (secondary N) is 1. The minimum absolute atomic E-state index is 0.429. The van der Waals surface area contributed by atoms with Gasteiger partial charge >= 0.3 is 0 Å². The molecule has 0 fully saturated rings. The van der Waals surface area contributed by atoms with E-state index in [1.54, 1.807) is 0 Å². The van der Waals surface area contributed by atoms with Crippen LogP contribution >= 0.6 is 12.2 Å². The predicted molar refractivity (Wildman–Crippen MR) is 86.8 cm³/mol. The molecule has 1 heterocycles. The lowest BCUT2D eigenvalue weighted by molar-refractivity contribution is 0.0998. The predicted octanol–water partition coefficient (Wildman–Crippen LogP) is 3.63. The number of pyridine rings is 1. The maximum atomic E-state index is 11.8. The van der Waals surface area contributed by atoms with Crippen LogP contribution in [-0.2, 0) is 12.8 Å². The van der Waals surface area contributed by atoms with Crippen LogP contribution in [0, 0.1) is 10.6 Å². The molecular formula is C17H18N2OS. The number of nitrogens with two attached hydrogens (primary N) is 1. The molecule has 2 aromatic rings. The Bertz CT molecular complexity index is 749. The zero-order valence-corrected chi connectivity index (χ0v) is 12.8. The van der Waals surface area contributed by atoms with Gasteiger partial charge in [-0.25, -0.2) is 0 Å². The number of carbonyl (C=O) groups excluding carboxylic acids is 1. The van der Waals surface area contributed by atoms with Crippen molar-refractivity contribution in [1.29, 1.82) is 0 Å². The summed E-state index contributed by atoms with van der Waals surface area (Å²) in [5.41, 5.74) is 10.4. The summed E-state index contributed by atoms with van der Waals surface area (Å²) in [6.45, 7) is 2.24. The van der Waals surface area contributed by atoms with Gasteiger partial charge in [0.15, 0.2) is 0 Å². The Morgan fingerprint density at radius 1 is 1.29 bits per heavy atom. The molecule has 3 N–H and O–H groups in total. The highest BCUT2D eigenvalue weighted by atomic mass is 32.1. The number of amides is 1. The summed E-state index contributed by atoms with van der Waals surface area (Å²) in [5.74, 6) is 0.173. The molecule has 0 bridgehead atoms. The Morgan fingerprint density at radius 3 is 2.67 bits per heavy atom. The highest BCUT2D eigenvalue weighted by Crippen LogP contribution is 2.34. The van der Waals surface area contributed by atoms with Crippen molar-refractivity contribution in [1.82, 2.24) is 4.98 Å². The third-order valence-electron chi connectivity index (χ3n) is 4.18. The van der Waals surface area contributed by atoms with E-state index in [9.17, 15) is 4.79 Å². The smallest absolute Gasteiger partial charge is 0.251 e. The molecule has 1 amide bonds. The second-order valence-electron chi connectivity index (χ2n) is 5.74. The molecule has 21 heavy (non-hydrogen) atoms. The van der Waals surface area contributed by atoms with Crippen LogP contribution in [0.3, 0.4) is 0 Å². The monoisotopic (exact) mass is 298 g/mol. The standard InChI is InChI=1S/C17H18N2OS/c1-10-7-8-12-13(9-10)15(11-5-3-2-4-6-11)19-17(21)14(12)16(18)20/h2-6,10H,7-9H2,1H3,(H2,18,20)(H,19,21)/t10-/m0/s1. The fourth-order valence-corrected chi connectivity index (χ4v) is 3.47. The second kappa shape index (κ2) is 5.45. The quantitative estimate of drug-likeness (QED) is 0.832. The molecule has 3 nitrogen and oxygen atoms in total. The van der Waals surface area contributed by atoms with E-state index in [2.05, 4.69) is 24.0 Å². The van der Waals surface area contributed by atoms with E-state index in [0.29, 0.717) is 16.1 Å². The number of benzene rings is 1. The molecule has 4 heteroatoms. The molecule has 1 aliphatic carbocycles. The zero-order chi connectivity index (χ0) is 15.0. The minimum Gasteiger partial charge on any atom is -0.365 e. The molecule has 0 radical (unpaired) electrons. The van der Waals surface area contributed by atoms with E-state index in [0.717, 1.165) is 36.1 Å². The molecule has 0 spiro atoms. The molecule has 1 aliphatic rings. The maximum absolute atomic E-state index is 11.8. The van der Waals surface area contributed by atoms with Gasteiger partial charge < -0.3 is 10.7 Å². The molecule has 1 aromatic heterocycles. The van der Waals surface area contributed by atoms with Crippen LogP contribution in [0.25, 0.3) is 11.3 Å². The summed E-state index contributed by atoms with van der Waals surface area (Å²) in [6.07, 6.45) is 2.89. The summed E-state index contributed by atoms with van der Waals surface area (Å²) in [5, 5.41) is 0. The van der Waals surface area contributed by atoms with Crippen LogP contribution in [0.2, 0.25) is 0 Å². The van der Waals surface area contributed by atoms with Crippen molar-refractivity contribution < 1.29 is 4.79 Å². The lowest BCUT2D eigenvalue weighted by atomic mass is 9.81. The van der Waals surface area contributed by atoms with Crippen LogP contribution < -0.4 is 5.73 Å². The van der Waals surface area contributed by atoms with Crippen LogP contribution in [-0.4, -0.2) is 10.9 Å². The largest absolute Gasteiger partial charge is 0.365 e. The van der Waals surface area contributed by atoms with Gasteiger partial charge in [0.05, 0.1) is 5.56 Å². The topological polar surface area (TPSA) is 58.9 Å². The second-order valence-corrected chi connectivity index (χ2v) is 6.15. The number of hydrogen-bond donors (Lipinski definition) is 2. The van der Waals surface area contributed by atoms with E-state index in [-0.39, 0.29) is 0 Å². The van der Waals surface area contributed by atoms with Crippen molar-refractivity contribution in [2.45, 2.75) is 26.2 Å². The summed E-state index contributed by atoms with van der Waals surface area (Å²) < 4.78 is 0.453. The van der Waals surface area contributed by atoms with Gasteiger partial charge in [0.2, 0.25) is 0 Å². The van der Waals surface area contributed by atoms with E-state index in [1.807, 2.05) is 18.2 Å². The first-order chi connectivity index (χ1) is 10.1. The number of aromatic amines is 1. The van der Waals surface area contributed by atoms with Crippen molar-refractivity contribution in [2.24, 2.45) is 11.7 Å². The zero-order valence-electron chi connectivity index (χ0n) is 12.0. The van der Waals surface area contributed by atoms with Gasteiger partial charge in [-0.1, -0.05) is 49.5 Å². The number of carbonyl (C=O) groups is 1. The summed E-state index contributed by atoms with van der Waals surface area (Å²) >= 11 is 5.37. The summed E-state index contributed by atoms with van der Waals surface area (Å²) in [6, 6.07) is 10.1. The molecule has 1 atom stereocenters. The van der Waals surface area contributed by atoms with Gasteiger partial charge in [-0.2, -0.15) is 0 Å². The van der Waals surface area contributed by atoms with E-state index in [1.165, 1.54) is 5.56 Å². The fourth-order valence-electron chi connectivity index (χ4n) is 3.14. The Morgan fingerprint density at radius 2 is 2.00 bits per heavy atom. The Labute approximate surface area is 129 Å². The summed E-state index contributed by atoms with van der Waals surface area (Å²) in [4.78, 5) is 15.0. The molecule has 0 saturated carbocycles. The van der Waals surface area contributed by atoms with E-state index < -0.39 is 5.91 Å². The fraction of sp³-hybridized carbons (Fsp3) is 0.294. The average Bonchev–Trinajstić information content (AvgIpc) is 2.47. The minimum atomic E-state index is -0.429. The highest BCUT2D eigenvalue weighted by molar-refractivity contribution is 7.71. The Balaban J connectivity index is 2.30. The number of aromatic nitrogens is 1. The molecule has 0 aliphatic heterocycles. The summed E-state index contributed by atoms with van der Waals surface area (Å²) in [7, 11) is 0. The molecule has 0 saturated heterocycles. The highest BCUT2D eigenvalue weighted by Gasteiger charge is 2.25. The SMILES string of the molecule is C[C@H]1CCc2c(c(-c3ccccc3)[nH]c(=S)c2C(N)=O)C1. The van der Waals surface area contributed by atoms with E-state index in [4.69, 9.17) is 18.0 Å². The van der Waals surface area contributed by atoms with Crippen molar-refractivity contribution in [2.75, 3.05) is 0 Å². The van der Waals surface area contributed by atoms with Gasteiger partial charge in [-0.05, 0) is 41.9 Å². The molecular weight excluding hydrogens is 280 g/mol. The van der Waals surface area contributed by atoms with Crippen molar-refractivity contribution in [3.63, 3.8) is 0 Å². The first-order valence-electron chi connectivity index (χ1n) is 7.21. The number of H-pyrrole nitrogens is 1. The van der Waals surface area contributed by atoms with Gasteiger partial charge in [-0.15, -0.1) is 0 Å². The van der Waals surface area contributed by atoms with Gasteiger partial charge in [0.1, 0.15) is 4.64 Å². The van der Waals surface area contributed by atoms with Crippen molar-refractivity contribution in [3.05, 3.63) is 51.7 Å². The number of primary amides is 1. The normalized spacial score (nSPS) is 17.3. The third-order valence-corrected chi connectivity index (χ3v) is 4.49. The third kappa shape index (κ3) is 2.51. The Kier molecular flexibility index (Phi) is 3.64. The van der Waals surface area contributed by atoms with Gasteiger partial charge in [0.25, 0.3) is 5.91 Å². The van der Waals surface area contributed by atoms with Crippen LogP contribution in [0.15, 0.2) is 30.3 Å². The van der Waals surface area contributed by atoms with Crippen molar-refractivity contribution in [3.8, 4) is 11.3 Å². The Hall–Kier alpha value is -1.94. The maximum Gasteiger partial charge on any atom is 0.251 e. The lowest BCUT2D eigenvalue weighted by Crippen LogP contribution is -2.22. The average molecular weight is 298 g/mol. The first kappa shape index (κ1) is 14.0. The van der Waals surface area contributed by atoms with Gasteiger partial charge in [-0.3, -0.25) is 4.79 Å². The molecule has 108 valence electrons. The number of fused-ring (bicyclic) bond motifs is 1.